The van der Waals surface area contributed by atoms with Crippen LogP contribution in [0.5, 0.6) is 0 Å². The molecule has 1 aliphatic heterocycles. The fourth-order valence-corrected chi connectivity index (χ4v) is 3.40. The van der Waals surface area contributed by atoms with Crippen molar-refractivity contribution in [2.75, 3.05) is 0 Å². The zero-order valence-corrected chi connectivity index (χ0v) is 13.6. The highest BCUT2D eigenvalue weighted by atomic mass is 16.5. The fourth-order valence-electron chi connectivity index (χ4n) is 3.40. The maximum absolute atomic E-state index is 10.2. The van der Waals surface area contributed by atoms with Gasteiger partial charge in [-0.2, -0.15) is 0 Å². The average Bonchev–Trinajstić information content (AvgIpc) is 2.60. The molecule has 122 valence electrons. The van der Waals surface area contributed by atoms with E-state index in [0.29, 0.717) is 0 Å². The average molecular weight is 310 g/mol. The third kappa shape index (κ3) is 5.19. The molecule has 2 heteroatoms. The Kier molecular flexibility index (Phi) is 5.84. The van der Waals surface area contributed by atoms with Gasteiger partial charge in [0.15, 0.2) is 0 Å². The second kappa shape index (κ2) is 8.28. The van der Waals surface area contributed by atoms with Gasteiger partial charge in [0.05, 0.1) is 18.3 Å². The topological polar surface area (TPSA) is 29.5 Å². The van der Waals surface area contributed by atoms with E-state index in [0.717, 1.165) is 38.5 Å². The van der Waals surface area contributed by atoms with E-state index in [1.165, 1.54) is 11.1 Å². The summed E-state index contributed by atoms with van der Waals surface area (Å²) in [6, 6.07) is 21.0. The maximum Gasteiger partial charge on any atom is 0.0606 e. The fraction of sp³-hybridized carbons (Fsp3) is 0.429. The Hall–Kier alpha value is -1.64. The molecule has 23 heavy (non-hydrogen) atoms. The van der Waals surface area contributed by atoms with Gasteiger partial charge in [-0.1, -0.05) is 60.7 Å². The Morgan fingerprint density at radius 2 is 1.17 bits per heavy atom. The molecule has 0 amide bonds. The molecule has 0 radical (unpaired) electrons. The second-order valence-corrected chi connectivity index (χ2v) is 6.55. The van der Waals surface area contributed by atoms with Crippen LogP contribution in [-0.4, -0.2) is 23.4 Å². The normalized spacial score (nSPS) is 24.5. The van der Waals surface area contributed by atoms with Gasteiger partial charge in [0.25, 0.3) is 0 Å². The smallest absolute Gasteiger partial charge is 0.0606 e. The van der Waals surface area contributed by atoms with E-state index in [9.17, 15) is 5.11 Å². The van der Waals surface area contributed by atoms with Crippen LogP contribution in [0, 0.1) is 0 Å². The first kappa shape index (κ1) is 16.2. The summed E-state index contributed by atoms with van der Waals surface area (Å²) < 4.78 is 6.24. The van der Waals surface area contributed by atoms with Crippen molar-refractivity contribution >= 4 is 0 Å². The van der Waals surface area contributed by atoms with Crippen LogP contribution >= 0.6 is 0 Å². The minimum absolute atomic E-state index is 0.180. The van der Waals surface area contributed by atoms with E-state index in [-0.39, 0.29) is 18.3 Å². The van der Waals surface area contributed by atoms with Crippen molar-refractivity contribution in [3.05, 3.63) is 71.8 Å². The number of ether oxygens (including phenoxy) is 1. The first-order valence-corrected chi connectivity index (χ1v) is 8.71. The molecule has 0 saturated carbocycles. The van der Waals surface area contributed by atoms with Crippen LogP contribution in [0.15, 0.2) is 60.7 Å². The van der Waals surface area contributed by atoms with Crippen molar-refractivity contribution < 1.29 is 9.84 Å². The van der Waals surface area contributed by atoms with Crippen molar-refractivity contribution in [3.63, 3.8) is 0 Å². The predicted molar refractivity (Wildman–Crippen MR) is 93.4 cm³/mol. The first-order valence-electron chi connectivity index (χ1n) is 8.71. The van der Waals surface area contributed by atoms with Crippen LogP contribution < -0.4 is 0 Å². The van der Waals surface area contributed by atoms with Gasteiger partial charge in [-0.05, 0) is 49.7 Å². The van der Waals surface area contributed by atoms with Gasteiger partial charge in [0.2, 0.25) is 0 Å². The molecule has 1 saturated heterocycles. The van der Waals surface area contributed by atoms with Crippen molar-refractivity contribution in [1.82, 2.24) is 0 Å². The Morgan fingerprint density at radius 3 is 1.61 bits per heavy atom. The summed E-state index contributed by atoms with van der Waals surface area (Å²) in [6.07, 6.45) is 5.70. The Labute approximate surface area is 139 Å². The third-order valence-corrected chi connectivity index (χ3v) is 4.65. The standard InChI is InChI=1S/C21H26O2/c22-19-15-20(13-11-17-7-3-1-4-8-17)23-21(16-19)14-12-18-9-5-2-6-10-18/h1-10,19-22H,11-16H2/t19?,20-,21+. The Balaban J connectivity index is 1.48. The summed E-state index contributed by atoms with van der Waals surface area (Å²) in [5.41, 5.74) is 2.69. The molecule has 3 atom stereocenters. The van der Waals surface area contributed by atoms with Crippen LogP contribution in [0.25, 0.3) is 0 Å². The molecule has 0 bridgehead atoms. The van der Waals surface area contributed by atoms with Crippen molar-refractivity contribution in [2.24, 2.45) is 0 Å². The van der Waals surface area contributed by atoms with Gasteiger partial charge in [0.1, 0.15) is 0 Å². The number of aliphatic hydroxyl groups is 1. The Bertz CT molecular complexity index is 515. The van der Waals surface area contributed by atoms with Crippen molar-refractivity contribution in [2.45, 2.75) is 56.8 Å². The number of hydrogen-bond donors (Lipinski definition) is 1. The number of benzene rings is 2. The summed E-state index contributed by atoms with van der Waals surface area (Å²) in [7, 11) is 0. The van der Waals surface area contributed by atoms with Gasteiger partial charge in [-0.3, -0.25) is 0 Å². The zero-order chi connectivity index (χ0) is 15.9. The minimum Gasteiger partial charge on any atom is -0.393 e. The molecule has 0 aromatic heterocycles. The zero-order valence-electron chi connectivity index (χ0n) is 13.6. The van der Waals surface area contributed by atoms with Crippen LogP contribution in [0.4, 0.5) is 0 Å². The van der Waals surface area contributed by atoms with Crippen LogP contribution in [-0.2, 0) is 17.6 Å². The molecule has 1 fully saturated rings. The largest absolute Gasteiger partial charge is 0.393 e. The quantitative estimate of drug-likeness (QED) is 0.868. The number of hydrogen-bond acceptors (Lipinski definition) is 2. The highest BCUT2D eigenvalue weighted by Crippen LogP contribution is 2.25. The van der Waals surface area contributed by atoms with Crippen LogP contribution in [0.1, 0.15) is 36.8 Å². The number of rotatable bonds is 6. The minimum atomic E-state index is -0.217. The van der Waals surface area contributed by atoms with Gasteiger partial charge in [-0.15, -0.1) is 0 Å². The highest BCUT2D eigenvalue weighted by molar-refractivity contribution is 5.15. The van der Waals surface area contributed by atoms with Gasteiger partial charge < -0.3 is 9.84 Å². The summed E-state index contributed by atoms with van der Waals surface area (Å²) in [5.74, 6) is 0. The third-order valence-electron chi connectivity index (χ3n) is 4.65. The van der Waals surface area contributed by atoms with Crippen molar-refractivity contribution in [3.8, 4) is 0 Å². The SMILES string of the molecule is OC1C[C@@H](CCc2ccccc2)O[C@@H](CCc2ccccc2)C1. The lowest BCUT2D eigenvalue weighted by Crippen LogP contribution is -2.36. The molecular weight excluding hydrogens is 284 g/mol. The molecule has 2 aromatic rings. The summed E-state index contributed by atoms with van der Waals surface area (Å²) in [4.78, 5) is 0. The molecule has 2 nitrogen and oxygen atoms in total. The molecular formula is C21H26O2. The van der Waals surface area contributed by atoms with E-state index in [1.807, 2.05) is 12.1 Å². The number of aliphatic hydroxyl groups excluding tert-OH is 1. The molecule has 0 spiro atoms. The molecule has 1 N–H and O–H groups in total. The predicted octanol–water partition coefficient (Wildman–Crippen LogP) is 4.16. The monoisotopic (exact) mass is 310 g/mol. The lowest BCUT2D eigenvalue weighted by atomic mass is 9.94. The van der Waals surface area contributed by atoms with E-state index >= 15 is 0 Å². The number of aryl methyl sites for hydroxylation is 2. The highest BCUT2D eigenvalue weighted by Gasteiger charge is 2.27. The summed E-state index contributed by atoms with van der Waals surface area (Å²) in [6.45, 7) is 0. The molecule has 2 aromatic carbocycles. The van der Waals surface area contributed by atoms with Crippen molar-refractivity contribution in [1.29, 1.82) is 0 Å². The van der Waals surface area contributed by atoms with E-state index in [1.54, 1.807) is 0 Å². The Morgan fingerprint density at radius 1 is 0.739 bits per heavy atom. The second-order valence-electron chi connectivity index (χ2n) is 6.55. The van der Waals surface area contributed by atoms with E-state index in [2.05, 4.69) is 48.5 Å². The van der Waals surface area contributed by atoms with Gasteiger partial charge >= 0.3 is 0 Å². The molecule has 0 aliphatic carbocycles. The summed E-state index contributed by atoms with van der Waals surface area (Å²) >= 11 is 0. The lowest BCUT2D eigenvalue weighted by Gasteiger charge is -2.33. The van der Waals surface area contributed by atoms with Gasteiger partial charge in [-0.25, -0.2) is 0 Å². The lowest BCUT2D eigenvalue weighted by molar-refractivity contribution is -0.0997. The molecule has 1 aliphatic rings. The molecule has 3 rings (SSSR count). The van der Waals surface area contributed by atoms with Crippen LogP contribution in [0.2, 0.25) is 0 Å². The maximum atomic E-state index is 10.2. The van der Waals surface area contributed by atoms with Gasteiger partial charge in [0, 0.05) is 0 Å². The van der Waals surface area contributed by atoms with E-state index in [4.69, 9.17) is 4.74 Å². The first-order chi connectivity index (χ1) is 11.3. The molecule has 1 unspecified atom stereocenters. The van der Waals surface area contributed by atoms with Crippen LogP contribution in [0.3, 0.4) is 0 Å². The molecule has 1 heterocycles. The summed E-state index contributed by atoms with van der Waals surface area (Å²) in [5, 5.41) is 10.2. The van der Waals surface area contributed by atoms with E-state index < -0.39 is 0 Å².